The van der Waals surface area contributed by atoms with Crippen LogP contribution >= 0.6 is 0 Å². The van der Waals surface area contributed by atoms with Gasteiger partial charge in [-0.05, 0) is 71.4 Å². The van der Waals surface area contributed by atoms with Gasteiger partial charge in [0.1, 0.15) is 17.5 Å². The maximum atomic E-state index is 14.1. The first kappa shape index (κ1) is 24.7. The van der Waals surface area contributed by atoms with E-state index < -0.39 is 35.4 Å². The van der Waals surface area contributed by atoms with Crippen LogP contribution in [0.3, 0.4) is 0 Å². The Balaban J connectivity index is 1.76. The second-order valence-corrected chi connectivity index (χ2v) is 9.41. The summed E-state index contributed by atoms with van der Waals surface area (Å²) in [5.74, 6) is -1.72. The molecule has 1 saturated carbocycles. The minimum absolute atomic E-state index is 0.0149. The van der Waals surface area contributed by atoms with Gasteiger partial charge in [0.2, 0.25) is 5.91 Å². The summed E-state index contributed by atoms with van der Waals surface area (Å²) in [5, 5.41) is 3.01. The van der Waals surface area contributed by atoms with E-state index in [1.54, 1.807) is 20.8 Å². The Labute approximate surface area is 193 Å². The summed E-state index contributed by atoms with van der Waals surface area (Å²) in [6, 6.07) is 2.14. The zero-order valence-electron chi connectivity index (χ0n) is 19.4. The topological polar surface area (TPSA) is 97.0 Å². The number of halogens is 2. The van der Waals surface area contributed by atoms with Gasteiger partial charge in [-0.25, -0.2) is 18.6 Å². The van der Waals surface area contributed by atoms with Crippen LogP contribution in [0.2, 0.25) is 0 Å². The predicted molar refractivity (Wildman–Crippen MR) is 122 cm³/mol. The number of rotatable bonds is 3. The molecule has 1 heterocycles. The second kappa shape index (κ2) is 10.3. The molecule has 1 aromatic carbocycles. The number of likely N-dealkylation sites (tertiary alicyclic amines) is 1. The highest BCUT2D eigenvalue weighted by atomic mass is 19.1. The summed E-state index contributed by atoms with van der Waals surface area (Å²) < 4.78 is 32.8. The van der Waals surface area contributed by atoms with E-state index in [2.05, 4.69) is 10.3 Å². The molecule has 180 valence electrons. The van der Waals surface area contributed by atoms with Crippen molar-refractivity contribution in [3.63, 3.8) is 0 Å². The molecule has 1 saturated heterocycles. The molecular formula is C24H32F2N4O3. The Morgan fingerprint density at radius 3 is 2.64 bits per heavy atom. The number of nitrogens with two attached hydrogens (primary N) is 1. The van der Waals surface area contributed by atoms with E-state index in [-0.39, 0.29) is 11.6 Å². The number of nitrogens with one attached hydrogen (secondary N) is 1. The molecule has 3 N–H and O–H groups in total. The van der Waals surface area contributed by atoms with Gasteiger partial charge >= 0.3 is 6.09 Å². The highest BCUT2D eigenvalue weighted by Gasteiger charge is 2.36. The molecule has 7 nitrogen and oxygen atoms in total. The van der Waals surface area contributed by atoms with Crippen molar-refractivity contribution in [1.82, 2.24) is 10.2 Å². The number of carbonyl (C=O) groups is 2. The maximum absolute atomic E-state index is 14.1. The van der Waals surface area contributed by atoms with Gasteiger partial charge in [0.05, 0.1) is 11.7 Å². The van der Waals surface area contributed by atoms with Crippen LogP contribution in [0.25, 0.3) is 0 Å². The van der Waals surface area contributed by atoms with Crippen molar-refractivity contribution in [2.45, 2.75) is 77.0 Å². The molecule has 0 radical (unpaired) electrons. The number of aliphatic imine (C=N–C) groups is 1. The Hall–Kier alpha value is -2.97. The first-order valence-corrected chi connectivity index (χ1v) is 11.3. The van der Waals surface area contributed by atoms with Crippen molar-refractivity contribution in [1.29, 1.82) is 0 Å². The molecule has 2 aliphatic rings. The Morgan fingerprint density at radius 1 is 1.21 bits per heavy atom. The average Bonchev–Trinajstić information content (AvgIpc) is 2.74. The lowest BCUT2D eigenvalue weighted by molar-refractivity contribution is -0.128. The Bertz CT molecular complexity index is 956. The van der Waals surface area contributed by atoms with Crippen LogP contribution in [-0.4, -0.2) is 46.8 Å². The zero-order chi connectivity index (χ0) is 24.2. The van der Waals surface area contributed by atoms with Gasteiger partial charge in [0.25, 0.3) is 0 Å². The number of hydrogen-bond acceptors (Lipinski definition) is 5. The summed E-state index contributed by atoms with van der Waals surface area (Å²) in [6.07, 6.45) is 4.95. The number of amides is 2. The number of benzene rings is 1. The molecule has 1 aliphatic carbocycles. The maximum Gasteiger partial charge on any atom is 0.410 e. The van der Waals surface area contributed by atoms with Crippen molar-refractivity contribution >= 4 is 23.4 Å². The molecule has 33 heavy (non-hydrogen) atoms. The van der Waals surface area contributed by atoms with Crippen molar-refractivity contribution in [3.8, 4) is 0 Å². The number of nitrogens with zero attached hydrogens (tertiary/aromatic N) is 2. The summed E-state index contributed by atoms with van der Waals surface area (Å²) in [6.45, 7) is 5.81. The van der Waals surface area contributed by atoms with Gasteiger partial charge in [0.15, 0.2) is 5.82 Å². The Kier molecular flexibility index (Phi) is 7.71. The smallest absolute Gasteiger partial charge is 0.410 e. The molecule has 2 amide bonds. The molecule has 0 aromatic heterocycles. The third-order valence-electron chi connectivity index (χ3n) is 5.71. The summed E-state index contributed by atoms with van der Waals surface area (Å²) in [5.41, 5.74) is 6.37. The van der Waals surface area contributed by atoms with Crippen LogP contribution in [0.15, 0.2) is 35.0 Å². The van der Waals surface area contributed by atoms with Gasteiger partial charge in [0, 0.05) is 30.1 Å². The van der Waals surface area contributed by atoms with Crippen molar-refractivity contribution in [2.24, 2.45) is 10.7 Å². The van der Waals surface area contributed by atoms with Crippen LogP contribution in [0, 0.1) is 11.6 Å². The van der Waals surface area contributed by atoms with Crippen molar-refractivity contribution in [3.05, 3.63) is 41.6 Å². The quantitative estimate of drug-likeness (QED) is 0.698. The highest BCUT2D eigenvalue weighted by molar-refractivity contribution is 6.04. The molecular weight excluding hydrogens is 430 g/mol. The van der Waals surface area contributed by atoms with Crippen molar-refractivity contribution < 1.29 is 23.1 Å². The number of hydrogen-bond donors (Lipinski definition) is 2. The second-order valence-electron chi connectivity index (χ2n) is 9.41. The molecule has 9 heteroatoms. The monoisotopic (exact) mass is 462 g/mol. The molecule has 3 rings (SSSR count). The highest BCUT2D eigenvalue weighted by Crippen LogP contribution is 2.27. The fourth-order valence-electron chi connectivity index (χ4n) is 4.19. The molecule has 2 unspecified atom stereocenters. The van der Waals surface area contributed by atoms with E-state index in [0.29, 0.717) is 43.5 Å². The molecule has 1 aromatic rings. The minimum Gasteiger partial charge on any atom is -0.444 e. The van der Waals surface area contributed by atoms with Crippen LogP contribution in [-0.2, 0) is 9.53 Å². The minimum atomic E-state index is -0.764. The third-order valence-corrected chi connectivity index (χ3v) is 5.71. The normalized spacial score (nSPS) is 24.1. The molecule has 2 fully saturated rings. The lowest BCUT2D eigenvalue weighted by Crippen LogP contribution is -2.55. The van der Waals surface area contributed by atoms with Gasteiger partial charge in [-0.15, -0.1) is 0 Å². The number of ether oxygens (including phenoxy) is 1. The molecule has 0 spiro atoms. The predicted octanol–water partition coefficient (Wildman–Crippen LogP) is 4.34. The number of piperidine rings is 1. The van der Waals surface area contributed by atoms with E-state index >= 15 is 0 Å². The average molecular weight is 463 g/mol. The zero-order valence-corrected chi connectivity index (χ0v) is 19.4. The lowest BCUT2D eigenvalue weighted by atomic mass is 9.88. The first-order chi connectivity index (χ1) is 15.6. The van der Waals surface area contributed by atoms with Crippen LogP contribution in [0.5, 0.6) is 0 Å². The lowest BCUT2D eigenvalue weighted by Gasteiger charge is -2.37. The van der Waals surface area contributed by atoms with Crippen LogP contribution < -0.4 is 11.1 Å². The van der Waals surface area contributed by atoms with E-state index in [1.165, 1.54) is 17.2 Å². The summed E-state index contributed by atoms with van der Waals surface area (Å²) in [7, 11) is 0. The van der Waals surface area contributed by atoms with Crippen molar-refractivity contribution in [2.75, 3.05) is 6.54 Å². The van der Waals surface area contributed by atoms with Gasteiger partial charge < -0.3 is 15.8 Å². The fourth-order valence-corrected chi connectivity index (χ4v) is 4.19. The summed E-state index contributed by atoms with van der Waals surface area (Å²) >= 11 is 0. The van der Waals surface area contributed by atoms with Gasteiger partial charge in [-0.2, -0.15) is 0 Å². The van der Waals surface area contributed by atoms with E-state index in [9.17, 15) is 18.4 Å². The van der Waals surface area contributed by atoms with E-state index in [0.717, 1.165) is 25.0 Å². The first-order valence-electron chi connectivity index (χ1n) is 11.3. The fraction of sp³-hybridized carbons (Fsp3) is 0.542. The van der Waals surface area contributed by atoms with Crippen LogP contribution in [0.4, 0.5) is 19.3 Å². The molecule has 0 bridgehead atoms. The van der Waals surface area contributed by atoms with E-state index in [4.69, 9.17) is 10.5 Å². The SMILES string of the molecule is CC(C)(C)OC(=O)N1CCCCC1C(=O)NC1CCCC(=Nc2ccc(F)cc2F)/C1=C\N. The largest absolute Gasteiger partial charge is 0.444 e. The van der Waals surface area contributed by atoms with E-state index in [1.807, 2.05) is 0 Å². The van der Waals surface area contributed by atoms with Gasteiger partial charge in [-0.3, -0.25) is 9.69 Å². The van der Waals surface area contributed by atoms with Crippen LogP contribution in [0.1, 0.15) is 59.3 Å². The Morgan fingerprint density at radius 2 is 1.97 bits per heavy atom. The molecule has 2 atom stereocenters. The molecule has 1 aliphatic heterocycles. The summed E-state index contributed by atoms with van der Waals surface area (Å²) in [4.78, 5) is 31.7. The number of carbonyl (C=O) groups excluding carboxylic acids is 2. The third kappa shape index (κ3) is 6.30. The van der Waals surface area contributed by atoms with Gasteiger partial charge in [-0.1, -0.05) is 0 Å². The standard InChI is InChI=1S/C24H32F2N4O3/c1-24(2,3)33-23(32)30-12-5-4-9-21(30)22(31)29-19-8-6-7-18(16(19)14-27)28-20-11-10-15(25)13-17(20)26/h10-11,13-14,19,21H,4-9,12,27H2,1-3H3,(H,29,31)/b16-14+,28-18?.